The molecule has 18 heavy (non-hydrogen) atoms. The number of hydrogen-bond acceptors (Lipinski definition) is 2. The third-order valence-corrected chi connectivity index (χ3v) is 3.90. The Kier molecular flexibility index (Phi) is 3.62. The first-order valence-electron chi connectivity index (χ1n) is 6.61. The van der Waals surface area contributed by atoms with Crippen LogP contribution in [0.4, 0.5) is 4.39 Å². The first-order chi connectivity index (χ1) is 8.48. The number of methoxy groups -OCH3 is 1. The first-order valence-corrected chi connectivity index (χ1v) is 6.61. The molecule has 3 heteroatoms. The maximum Gasteiger partial charge on any atom is 0.130 e. The summed E-state index contributed by atoms with van der Waals surface area (Å²) in [5.41, 5.74) is 1.75. The number of hydrogen-bond donors (Lipinski definition) is 1. The van der Waals surface area contributed by atoms with Gasteiger partial charge in [-0.2, -0.15) is 0 Å². The number of benzene rings is 1. The summed E-state index contributed by atoms with van der Waals surface area (Å²) in [6.45, 7) is 7.20. The van der Waals surface area contributed by atoms with E-state index in [0.29, 0.717) is 5.75 Å². The van der Waals surface area contributed by atoms with E-state index in [4.69, 9.17) is 4.74 Å². The molecule has 2 rings (SSSR count). The second-order valence-corrected chi connectivity index (χ2v) is 5.59. The van der Waals surface area contributed by atoms with Crippen molar-refractivity contribution in [1.82, 2.24) is 5.32 Å². The van der Waals surface area contributed by atoms with Gasteiger partial charge < -0.3 is 10.1 Å². The van der Waals surface area contributed by atoms with Gasteiger partial charge in [-0.25, -0.2) is 4.39 Å². The molecule has 0 amide bonds. The highest BCUT2D eigenvalue weighted by atomic mass is 19.1. The molecule has 0 radical (unpaired) electrons. The van der Waals surface area contributed by atoms with Gasteiger partial charge in [-0.05, 0) is 43.9 Å². The van der Waals surface area contributed by atoms with Gasteiger partial charge in [0.25, 0.3) is 0 Å². The van der Waals surface area contributed by atoms with Crippen molar-refractivity contribution in [3.63, 3.8) is 0 Å². The largest absolute Gasteiger partial charge is 0.496 e. The molecule has 0 aliphatic carbocycles. The maximum absolute atomic E-state index is 14.0. The van der Waals surface area contributed by atoms with Crippen LogP contribution in [0.2, 0.25) is 0 Å². The molecule has 1 N–H and O–H groups in total. The molecule has 1 atom stereocenters. The topological polar surface area (TPSA) is 21.3 Å². The van der Waals surface area contributed by atoms with E-state index in [1.54, 1.807) is 7.11 Å². The predicted molar refractivity (Wildman–Crippen MR) is 71.6 cm³/mol. The molecule has 1 heterocycles. The van der Waals surface area contributed by atoms with E-state index in [1.807, 2.05) is 19.9 Å². The fourth-order valence-electron chi connectivity index (χ4n) is 2.74. The Morgan fingerprint density at radius 2 is 2.11 bits per heavy atom. The molecule has 0 bridgehead atoms. The van der Waals surface area contributed by atoms with Gasteiger partial charge in [0, 0.05) is 17.2 Å². The maximum atomic E-state index is 14.0. The quantitative estimate of drug-likeness (QED) is 0.887. The molecule has 1 aromatic rings. The Labute approximate surface area is 109 Å². The third kappa shape index (κ3) is 2.24. The Morgan fingerprint density at radius 1 is 1.39 bits per heavy atom. The summed E-state index contributed by atoms with van der Waals surface area (Å²) in [7, 11) is 1.60. The van der Waals surface area contributed by atoms with Crippen molar-refractivity contribution in [3.05, 3.63) is 29.1 Å². The van der Waals surface area contributed by atoms with E-state index in [2.05, 4.69) is 12.2 Å². The number of rotatable bonds is 3. The van der Waals surface area contributed by atoms with Crippen LogP contribution < -0.4 is 10.1 Å². The number of ether oxygens (including phenoxy) is 1. The zero-order valence-corrected chi connectivity index (χ0v) is 11.6. The summed E-state index contributed by atoms with van der Waals surface area (Å²) in [5, 5.41) is 3.51. The van der Waals surface area contributed by atoms with E-state index >= 15 is 0 Å². The van der Waals surface area contributed by atoms with E-state index < -0.39 is 0 Å². The van der Waals surface area contributed by atoms with E-state index in [9.17, 15) is 4.39 Å². The van der Waals surface area contributed by atoms with Crippen LogP contribution in [0.3, 0.4) is 0 Å². The zero-order chi connectivity index (χ0) is 13.3. The lowest BCUT2D eigenvalue weighted by atomic mass is 9.86. The third-order valence-electron chi connectivity index (χ3n) is 3.90. The normalized spacial score (nSPS) is 23.7. The summed E-state index contributed by atoms with van der Waals surface area (Å²) in [4.78, 5) is 0. The summed E-state index contributed by atoms with van der Waals surface area (Å²) >= 11 is 0. The minimum Gasteiger partial charge on any atom is -0.496 e. The molecule has 1 aliphatic heterocycles. The smallest absolute Gasteiger partial charge is 0.130 e. The van der Waals surface area contributed by atoms with Crippen LogP contribution in [0.5, 0.6) is 5.75 Å². The van der Waals surface area contributed by atoms with Crippen molar-refractivity contribution in [1.29, 1.82) is 0 Å². The van der Waals surface area contributed by atoms with Crippen LogP contribution in [0.1, 0.15) is 50.7 Å². The van der Waals surface area contributed by atoms with Gasteiger partial charge in [0.1, 0.15) is 11.6 Å². The molecule has 0 aromatic heterocycles. The Bertz CT molecular complexity index is 436. The second-order valence-electron chi connectivity index (χ2n) is 5.59. The fourth-order valence-corrected chi connectivity index (χ4v) is 2.74. The van der Waals surface area contributed by atoms with Crippen LogP contribution in [0.25, 0.3) is 0 Å². The van der Waals surface area contributed by atoms with Gasteiger partial charge in [-0.1, -0.05) is 13.8 Å². The fraction of sp³-hybridized carbons (Fsp3) is 0.600. The summed E-state index contributed by atoms with van der Waals surface area (Å²) in [5.74, 6) is 0.653. The molecule has 1 fully saturated rings. The molecule has 1 aromatic carbocycles. The number of nitrogens with one attached hydrogen (secondary N) is 1. The Balaban J connectivity index is 2.53. The molecule has 100 valence electrons. The monoisotopic (exact) mass is 251 g/mol. The lowest BCUT2D eigenvalue weighted by molar-refractivity contribution is 0.367. The van der Waals surface area contributed by atoms with E-state index in [0.717, 1.165) is 30.5 Å². The average molecular weight is 251 g/mol. The molecule has 0 saturated carbocycles. The minimum absolute atomic E-state index is 0.0946. The lowest BCUT2D eigenvalue weighted by Gasteiger charge is -2.28. The van der Waals surface area contributed by atoms with Gasteiger partial charge in [0.15, 0.2) is 0 Å². The summed E-state index contributed by atoms with van der Waals surface area (Å²) < 4.78 is 19.3. The van der Waals surface area contributed by atoms with E-state index in [-0.39, 0.29) is 17.3 Å². The first kappa shape index (κ1) is 13.3. The molecular formula is C15H22FNO. The van der Waals surface area contributed by atoms with Crippen LogP contribution >= 0.6 is 0 Å². The van der Waals surface area contributed by atoms with Gasteiger partial charge in [-0.15, -0.1) is 0 Å². The zero-order valence-electron chi connectivity index (χ0n) is 11.6. The molecule has 1 saturated heterocycles. The molecule has 0 spiro atoms. The lowest BCUT2D eigenvalue weighted by Crippen LogP contribution is -2.33. The predicted octanol–water partition coefficient (Wildman–Crippen LogP) is 3.56. The van der Waals surface area contributed by atoms with Crippen molar-refractivity contribution in [2.75, 3.05) is 13.7 Å². The second kappa shape index (κ2) is 4.88. The van der Waals surface area contributed by atoms with Crippen molar-refractivity contribution < 1.29 is 9.13 Å². The summed E-state index contributed by atoms with van der Waals surface area (Å²) in [6.07, 6.45) is 2.21. The van der Waals surface area contributed by atoms with Crippen LogP contribution in [0, 0.1) is 5.82 Å². The molecule has 2 nitrogen and oxygen atoms in total. The molecule has 1 aliphatic rings. The molecule has 1 unspecified atom stereocenters. The van der Waals surface area contributed by atoms with Crippen LogP contribution in [-0.2, 0) is 5.54 Å². The van der Waals surface area contributed by atoms with Crippen LogP contribution in [-0.4, -0.2) is 13.7 Å². The standard InChI is InChI=1S/C15H22FNO/c1-10(2)11-8-12(14(18-4)9-13(11)16)15(3)6-5-7-17-15/h8-10,17H,5-7H2,1-4H3. The average Bonchev–Trinajstić information content (AvgIpc) is 2.76. The highest BCUT2D eigenvalue weighted by Crippen LogP contribution is 2.38. The number of halogens is 1. The highest BCUT2D eigenvalue weighted by Gasteiger charge is 2.33. The van der Waals surface area contributed by atoms with Crippen molar-refractivity contribution in [3.8, 4) is 5.75 Å². The Hall–Kier alpha value is -1.09. The van der Waals surface area contributed by atoms with Gasteiger partial charge >= 0.3 is 0 Å². The SMILES string of the molecule is COc1cc(F)c(C(C)C)cc1C1(C)CCCN1. The Morgan fingerprint density at radius 3 is 2.61 bits per heavy atom. The van der Waals surface area contributed by atoms with Gasteiger partial charge in [0.05, 0.1) is 7.11 Å². The van der Waals surface area contributed by atoms with Crippen molar-refractivity contribution in [2.24, 2.45) is 0 Å². The molecular weight excluding hydrogens is 229 g/mol. The van der Waals surface area contributed by atoms with Gasteiger partial charge in [0.2, 0.25) is 0 Å². The van der Waals surface area contributed by atoms with Gasteiger partial charge in [-0.3, -0.25) is 0 Å². The van der Waals surface area contributed by atoms with Crippen molar-refractivity contribution >= 4 is 0 Å². The van der Waals surface area contributed by atoms with E-state index in [1.165, 1.54) is 6.07 Å². The van der Waals surface area contributed by atoms with Crippen molar-refractivity contribution in [2.45, 2.75) is 45.1 Å². The summed E-state index contributed by atoms with van der Waals surface area (Å²) in [6, 6.07) is 3.49. The highest BCUT2D eigenvalue weighted by molar-refractivity contribution is 5.44. The van der Waals surface area contributed by atoms with Crippen LogP contribution in [0.15, 0.2) is 12.1 Å². The minimum atomic E-state index is -0.174.